The molecule has 0 fully saturated rings. The maximum absolute atomic E-state index is 12.5. The minimum atomic E-state index is -0.922. The van der Waals surface area contributed by atoms with Crippen LogP contribution in [0.4, 0.5) is 4.79 Å². The number of nitrogens with zero attached hydrogens (tertiary/aromatic N) is 1. The van der Waals surface area contributed by atoms with Crippen molar-refractivity contribution < 1.29 is 14.3 Å². The van der Waals surface area contributed by atoms with Crippen molar-refractivity contribution in [2.75, 3.05) is 6.54 Å². The molecular formula is C19H18ClNO3. The Hall–Kier alpha value is -2.59. The third-order valence-corrected chi connectivity index (χ3v) is 3.61. The first-order chi connectivity index (χ1) is 11.6. The summed E-state index contributed by atoms with van der Waals surface area (Å²) < 4.78 is 5.32. The lowest BCUT2D eigenvalue weighted by atomic mass is 10.1. The van der Waals surface area contributed by atoms with Crippen molar-refractivity contribution >= 4 is 22.9 Å². The number of carbonyl (C=O) groups is 2. The second-order valence-electron chi connectivity index (χ2n) is 5.10. The number of benzene rings is 2. The van der Waals surface area contributed by atoms with E-state index in [1.165, 1.54) is 11.0 Å². The molecule has 0 aliphatic heterocycles. The standard InChI is InChI=1S/C19H18ClNO3/c1-2-13-21(17(18(20)22)16-11-7-4-8-12-16)19(23)24-14-15-9-5-3-6-10-15/h2-12,17H,1,13-14H2. The van der Waals surface area contributed by atoms with E-state index in [1.807, 2.05) is 36.4 Å². The molecule has 1 atom stereocenters. The SMILES string of the molecule is C=CCN(C(=O)OCc1ccccc1)C(C(=O)Cl)c1ccccc1. The molecule has 0 saturated heterocycles. The fraction of sp³-hybridized carbons (Fsp3) is 0.158. The van der Waals surface area contributed by atoms with E-state index >= 15 is 0 Å². The fourth-order valence-electron chi connectivity index (χ4n) is 2.30. The zero-order chi connectivity index (χ0) is 17.4. The highest BCUT2D eigenvalue weighted by Crippen LogP contribution is 2.24. The second kappa shape index (κ2) is 8.89. The molecule has 0 heterocycles. The number of halogens is 1. The highest BCUT2D eigenvalue weighted by molar-refractivity contribution is 6.64. The van der Waals surface area contributed by atoms with Crippen molar-refractivity contribution in [2.24, 2.45) is 0 Å². The molecule has 2 rings (SSSR count). The highest BCUT2D eigenvalue weighted by Gasteiger charge is 2.30. The lowest BCUT2D eigenvalue weighted by Crippen LogP contribution is -2.38. The van der Waals surface area contributed by atoms with Gasteiger partial charge in [-0.1, -0.05) is 66.7 Å². The van der Waals surface area contributed by atoms with Gasteiger partial charge < -0.3 is 4.74 Å². The molecule has 0 spiro atoms. The van der Waals surface area contributed by atoms with Crippen LogP contribution in [0.15, 0.2) is 73.3 Å². The average Bonchev–Trinajstić information content (AvgIpc) is 2.61. The van der Waals surface area contributed by atoms with E-state index in [0.717, 1.165) is 5.56 Å². The Balaban J connectivity index is 2.17. The summed E-state index contributed by atoms with van der Waals surface area (Å²) in [5.41, 5.74) is 1.48. The smallest absolute Gasteiger partial charge is 0.411 e. The number of rotatable bonds is 7. The number of hydrogen-bond donors (Lipinski definition) is 0. The van der Waals surface area contributed by atoms with Crippen molar-refractivity contribution in [3.63, 3.8) is 0 Å². The van der Waals surface area contributed by atoms with Gasteiger partial charge in [0.15, 0.2) is 0 Å². The first kappa shape index (κ1) is 17.8. The molecule has 0 aromatic heterocycles. The van der Waals surface area contributed by atoms with Crippen molar-refractivity contribution in [3.8, 4) is 0 Å². The highest BCUT2D eigenvalue weighted by atomic mass is 35.5. The van der Waals surface area contributed by atoms with Gasteiger partial charge in [0.25, 0.3) is 0 Å². The monoisotopic (exact) mass is 343 g/mol. The summed E-state index contributed by atoms with van der Waals surface area (Å²) in [4.78, 5) is 25.7. The lowest BCUT2D eigenvalue weighted by molar-refractivity contribution is -0.116. The summed E-state index contributed by atoms with van der Waals surface area (Å²) in [5.74, 6) is 0. The summed E-state index contributed by atoms with van der Waals surface area (Å²) in [6.45, 7) is 3.89. The molecule has 124 valence electrons. The minimum Gasteiger partial charge on any atom is -0.445 e. The Kier molecular flexibility index (Phi) is 6.58. The van der Waals surface area contributed by atoms with Gasteiger partial charge in [-0.15, -0.1) is 6.58 Å². The van der Waals surface area contributed by atoms with Gasteiger partial charge >= 0.3 is 6.09 Å². The van der Waals surface area contributed by atoms with Crippen LogP contribution in [0.3, 0.4) is 0 Å². The Labute approximate surface area is 146 Å². The molecule has 0 bridgehead atoms. The number of amides is 1. The molecule has 1 amide bonds. The van der Waals surface area contributed by atoms with Crippen LogP contribution in [0.25, 0.3) is 0 Å². The number of carbonyl (C=O) groups excluding carboxylic acids is 2. The first-order valence-electron chi connectivity index (χ1n) is 7.46. The molecule has 0 aliphatic rings. The van der Waals surface area contributed by atoms with Gasteiger partial charge in [0.2, 0.25) is 5.24 Å². The average molecular weight is 344 g/mol. The quantitative estimate of drug-likeness (QED) is 0.555. The Morgan fingerprint density at radius 1 is 1.08 bits per heavy atom. The molecule has 0 N–H and O–H groups in total. The zero-order valence-electron chi connectivity index (χ0n) is 13.1. The van der Waals surface area contributed by atoms with E-state index < -0.39 is 17.4 Å². The molecule has 4 nitrogen and oxygen atoms in total. The number of hydrogen-bond acceptors (Lipinski definition) is 3. The summed E-state index contributed by atoms with van der Waals surface area (Å²) in [5, 5.41) is -0.653. The normalized spacial score (nSPS) is 11.4. The Bertz CT molecular complexity index is 688. The van der Waals surface area contributed by atoms with Crippen LogP contribution in [-0.2, 0) is 16.1 Å². The molecular weight excluding hydrogens is 326 g/mol. The third-order valence-electron chi connectivity index (χ3n) is 3.41. The van der Waals surface area contributed by atoms with Crippen LogP contribution >= 0.6 is 11.6 Å². The molecule has 0 aliphatic carbocycles. The van der Waals surface area contributed by atoms with Crippen LogP contribution in [0.1, 0.15) is 17.2 Å². The zero-order valence-corrected chi connectivity index (χ0v) is 13.9. The molecule has 0 saturated carbocycles. The minimum absolute atomic E-state index is 0.116. The van der Waals surface area contributed by atoms with E-state index in [-0.39, 0.29) is 13.2 Å². The third kappa shape index (κ3) is 4.70. The van der Waals surface area contributed by atoms with Crippen molar-refractivity contribution in [2.45, 2.75) is 12.6 Å². The second-order valence-corrected chi connectivity index (χ2v) is 5.47. The van der Waals surface area contributed by atoms with Crippen molar-refractivity contribution in [3.05, 3.63) is 84.4 Å². The van der Waals surface area contributed by atoms with E-state index in [0.29, 0.717) is 5.56 Å². The summed E-state index contributed by atoms with van der Waals surface area (Å²) in [6.07, 6.45) is 0.904. The van der Waals surface area contributed by atoms with Gasteiger partial charge in [-0.3, -0.25) is 9.69 Å². The van der Waals surface area contributed by atoms with Gasteiger partial charge in [0.05, 0.1) is 0 Å². The van der Waals surface area contributed by atoms with Gasteiger partial charge in [-0.25, -0.2) is 4.79 Å². The summed E-state index contributed by atoms with van der Waals surface area (Å²) in [6, 6.07) is 17.3. The first-order valence-corrected chi connectivity index (χ1v) is 7.83. The van der Waals surface area contributed by atoms with E-state index in [4.69, 9.17) is 16.3 Å². The summed E-state index contributed by atoms with van der Waals surface area (Å²) in [7, 11) is 0. The van der Waals surface area contributed by atoms with Crippen LogP contribution in [0.5, 0.6) is 0 Å². The van der Waals surface area contributed by atoms with Crippen molar-refractivity contribution in [1.82, 2.24) is 4.90 Å². The molecule has 24 heavy (non-hydrogen) atoms. The largest absolute Gasteiger partial charge is 0.445 e. The van der Waals surface area contributed by atoms with Crippen molar-refractivity contribution in [1.29, 1.82) is 0 Å². The predicted molar refractivity (Wildman–Crippen MR) is 93.6 cm³/mol. The summed E-state index contributed by atoms with van der Waals surface area (Å²) >= 11 is 5.75. The molecule has 5 heteroatoms. The molecule has 0 radical (unpaired) electrons. The van der Waals surface area contributed by atoms with E-state index in [1.54, 1.807) is 24.3 Å². The van der Waals surface area contributed by atoms with Gasteiger partial charge in [0, 0.05) is 6.54 Å². The van der Waals surface area contributed by atoms with Crippen LogP contribution in [-0.4, -0.2) is 22.8 Å². The van der Waals surface area contributed by atoms with Crippen LogP contribution in [0.2, 0.25) is 0 Å². The van der Waals surface area contributed by atoms with Gasteiger partial charge in [-0.05, 0) is 22.7 Å². The lowest BCUT2D eigenvalue weighted by Gasteiger charge is -2.27. The fourth-order valence-corrected chi connectivity index (χ4v) is 2.54. The Morgan fingerprint density at radius 2 is 1.67 bits per heavy atom. The topological polar surface area (TPSA) is 46.6 Å². The Morgan fingerprint density at radius 3 is 2.21 bits per heavy atom. The maximum atomic E-state index is 12.5. The van der Waals surface area contributed by atoms with E-state index in [9.17, 15) is 9.59 Å². The molecule has 2 aromatic rings. The van der Waals surface area contributed by atoms with Crippen LogP contribution < -0.4 is 0 Å². The maximum Gasteiger partial charge on any atom is 0.411 e. The van der Waals surface area contributed by atoms with Crippen LogP contribution in [0, 0.1) is 0 Å². The molecule has 1 unspecified atom stereocenters. The van der Waals surface area contributed by atoms with Gasteiger partial charge in [0.1, 0.15) is 12.6 Å². The predicted octanol–water partition coefficient (Wildman–Crippen LogP) is 4.32. The molecule has 2 aromatic carbocycles. The van der Waals surface area contributed by atoms with E-state index in [2.05, 4.69) is 6.58 Å². The van der Waals surface area contributed by atoms with Gasteiger partial charge in [-0.2, -0.15) is 0 Å². The number of ether oxygens (including phenoxy) is 1.